The SMILES string of the molecule is C/C=C\SNC(CNCCCO)COCc1ccccc1.CC. The first-order valence-electron chi connectivity index (χ1n) is 8.32. The Morgan fingerprint density at radius 2 is 2.00 bits per heavy atom. The van der Waals surface area contributed by atoms with E-state index in [9.17, 15) is 0 Å². The van der Waals surface area contributed by atoms with E-state index in [1.807, 2.05) is 50.5 Å². The van der Waals surface area contributed by atoms with Gasteiger partial charge in [-0.05, 0) is 30.9 Å². The summed E-state index contributed by atoms with van der Waals surface area (Å²) in [6, 6.07) is 10.4. The molecule has 4 nitrogen and oxygen atoms in total. The van der Waals surface area contributed by atoms with Crippen molar-refractivity contribution in [3.8, 4) is 0 Å². The first-order valence-corrected chi connectivity index (χ1v) is 9.20. The van der Waals surface area contributed by atoms with Crippen LogP contribution in [0.1, 0.15) is 32.8 Å². The average Bonchev–Trinajstić information content (AvgIpc) is 2.61. The first-order chi connectivity index (χ1) is 11.4. The zero-order chi connectivity index (χ0) is 17.2. The lowest BCUT2D eigenvalue weighted by molar-refractivity contribution is 0.104. The maximum absolute atomic E-state index is 8.78. The van der Waals surface area contributed by atoms with Crippen LogP contribution >= 0.6 is 11.9 Å². The zero-order valence-corrected chi connectivity index (χ0v) is 15.4. The van der Waals surface area contributed by atoms with Crippen molar-refractivity contribution in [3.05, 3.63) is 47.4 Å². The summed E-state index contributed by atoms with van der Waals surface area (Å²) < 4.78 is 9.14. The zero-order valence-electron chi connectivity index (χ0n) is 14.6. The third-order valence-electron chi connectivity index (χ3n) is 2.77. The van der Waals surface area contributed by atoms with Gasteiger partial charge in [-0.2, -0.15) is 0 Å². The lowest BCUT2D eigenvalue weighted by Gasteiger charge is -2.18. The summed E-state index contributed by atoms with van der Waals surface area (Å²) in [4.78, 5) is 0. The summed E-state index contributed by atoms with van der Waals surface area (Å²) in [5.41, 5.74) is 1.19. The molecule has 0 aliphatic carbocycles. The van der Waals surface area contributed by atoms with Crippen molar-refractivity contribution in [3.63, 3.8) is 0 Å². The summed E-state index contributed by atoms with van der Waals surface area (Å²) in [5, 5.41) is 14.1. The van der Waals surface area contributed by atoms with Crippen LogP contribution in [0.4, 0.5) is 0 Å². The van der Waals surface area contributed by atoms with Gasteiger partial charge in [-0.3, -0.25) is 4.72 Å². The second-order valence-electron chi connectivity index (χ2n) is 4.68. The molecule has 0 radical (unpaired) electrons. The van der Waals surface area contributed by atoms with Crippen LogP contribution in [0.15, 0.2) is 41.8 Å². The molecule has 23 heavy (non-hydrogen) atoms. The summed E-state index contributed by atoms with van der Waals surface area (Å²) in [6.45, 7) is 9.13. The molecule has 3 N–H and O–H groups in total. The van der Waals surface area contributed by atoms with Crippen molar-refractivity contribution >= 4 is 11.9 Å². The van der Waals surface area contributed by atoms with Gasteiger partial charge in [-0.1, -0.05) is 62.2 Å². The average molecular weight is 341 g/mol. The fraction of sp³-hybridized carbons (Fsp3) is 0.556. The van der Waals surface area contributed by atoms with Gasteiger partial charge in [-0.15, -0.1) is 0 Å². The second kappa shape index (κ2) is 17.5. The number of nitrogens with one attached hydrogen (secondary N) is 2. The van der Waals surface area contributed by atoms with E-state index in [-0.39, 0.29) is 12.6 Å². The lowest BCUT2D eigenvalue weighted by Crippen LogP contribution is -2.39. The molecule has 0 saturated heterocycles. The Bertz CT molecular complexity index is 375. The minimum absolute atomic E-state index is 0.225. The van der Waals surface area contributed by atoms with Crippen molar-refractivity contribution in [1.82, 2.24) is 10.0 Å². The molecule has 0 heterocycles. The van der Waals surface area contributed by atoms with Crippen molar-refractivity contribution in [2.45, 2.75) is 39.8 Å². The van der Waals surface area contributed by atoms with Gasteiger partial charge in [-0.25, -0.2) is 0 Å². The van der Waals surface area contributed by atoms with Gasteiger partial charge in [0.25, 0.3) is 0 Å². The molecule has 0 bridgehead atoms. The van der Waals surface area contributed by atoms with Crippen LogP contribution in [0.25, 0.3) is 0 Å². The second-order valence-corrected chi connectivity index (χ2v) is 5.43. The minimum Gasteiger partial charge on any atom is -0.396 e. The van der Waals surface area contributed by atoms with Crippen LogP contribution in [0.5, 0.6) is 0 Å². The van der Waals surface area contributed by atoms with Crippen molar-refractivity contribution < 1.29 is 9.84 Å². The fourth-order valence-electron chi connectivity index (χ4n) is 1.71. The number of aliphatic hydroxyl groups excluding tert-OH is 1. The van der Waals surface area contributed by atoms with Crippen LogP contribution in [0, 0.1) is 0 Å². The molecule has 0 aliphatic rings. The van der Waals surface area contributed by atoms with Crippen LogP contribution in [-0.4, -0.2) is 37.5 Å². The van der Waals surface area contributed by atoms with Gasteiger partial charge in [0, 0.05) is 13.2 Å². The smallest absolute Gasteiger partial charge is 0.0717 e. The molecule has 0 saturated carbocycles. The Morgan fingerprint density at radius 3 is 2.65 bits per heavy atom. The largest absolute Gasteiger partial charge is 0.396 e. The summed E-state index contributed by atoms with van der Waals surface area (Å²) >= 11 is 1.57. The highest BCUT2D eigenvalue weighted by Gasteiger charge is 2.07. The molecule has 1 aromatic carbocycles. The molecule has 1 atom stereocenters. The lowest BCUT2D eigenvalue weighted by atomic mass is 10.2. The van der Waals surface area contributed by atoms with Crippen LogP contribution in [0.2, 0.25) is 0 Å². The Hall–Kier alpha value is -0.850. The molecule has 0 aliphatic heterocycles. The molecule has 5 heteroatoms. The highest BCUT2D eigenvalue weighted by Crippen LogP contribution is 2.03. The molecule has 0 aromatic heterocycles. The standard InChI is InChI=1S/C16H26N2O2S.C2H6/c1-2-11-21-18-16(12-17-9-6-10-19)14-20-13-15-7-4-3-5-8-15;1-2/h2-5,7-8,11,16-19H,6,9-10,12-14H2,1H3;1-2H3/b11-2-;. The molecule has 1 unspecified atom stereocenters. The molecule has 1 aromatic rings. The number of benzene rings is 1. The van der Waals surface area contributed by atoms with E-state index in [2.05, 4.69) is 22.2 Å². The van der Waals surface area contributed by atoms with E-state index in [1.54, 1.807) is 11.9 Å². The van der Waals surface area contributed by atoms with Crippen LogP contribution < -0.4 is 10.0 Å². The Kier molecular flexibility index (Phi) is 16.9. The molecular formula is C18H32N2O2S. The normalized spacial score (nSPS) is 12.0. The number of rotatable bonds is 12. The quantitative estimate of drug-likeness (QED) is 0.402. The highest BCUT2D eigenvalue weighted by molar-refractivity contribution is 8.00. The van der Waals surface area contributed by atoms with Gasteiger partial charge < -0.3 is 15.2 Å². The summed E-state index contributed by atoms with van der Waals surface area (Å²) in [5.74, 6) is 0. The highest BCUT2D eigenvalue weighted by atomic mass is 32.2. The predicted molar refractivity (Wildman–Crippen MR) is 101 cm³/mol. The summed E-state index contributed by atoms with van der Waals surface area (Å²) in [7, 11) is 0. The first kappa shape index (κ1) is 22.1. The maximum atomic E-state index is 8.78. The predicted octanol–water partition coefficient (Wildman–Crippen LogP) is 3.34. The number of aliphatic hydroxyl groups is 1. The topological polar surface area (TPSA) is 53.5 Å². The summed E-state index contributed by atoms with van der Waals surface area (Å²) in [6.07, 6.45) is 2.78. The van der Waals surface area contributed by atoms with Gasteiger partial charge in [0.15, 0.2) is 0 Å². The number of hydrogen-bond acceptors (Lipinski definition) is 5. The van der Waals surface area contributed by atoms with Gasteiger partial charge in [0.2, 0.25) is 0 Å². The van der Waals surface area contributed by atoms with Gasteiger partial charge in [0.1, 0.15) is 0 Å². The third kappa shape index (κ3) is 13.3. The maximum Gasteiger partial charge on any atom is 0.0717 e. The number of ether oxygens (including phenoxy) is 1. The Labute approximate surface area is 145 Å². The number of allylic oxidation sites excluding steroid dienone is 1. The molecule has 0 amide bonds. The van der Waals surface area contributed by atoms with E-state index < -0.39 is 0 Å². The van der Waals surface area contributed by atoms with Crippen molar-refractivity contribution in [1.29, 1.82) is 0 Å². The van der Waals surface area contributed by atoms with E-state index >= 15 is 0 Å². The van der Waals surface area contributed by atoms with Crippen LogP contribution in [0.3, 0.4) is 0 Å². The minimum atomic E-state index is 0.225. The Morgan fingerprint density at radius 1 is 1.26 bits per heavy atom. The molecule has 0 spiro atoms. The number of hydrogen-bond donors (Lipinski definition) is 3. The van der Waals surface area contributed by atoms with E-state index in [0.717, 1.165) is 19.5 Å². The van der Waals surface area contributed by atoms with Crippen molar-refractivity contribution in [2.24, 2.45) is 0 Å². The van der Waals surface area contributed by atoms with Gasteiger partial charge >= 0.3 is 0 Å². The molecule has 1 rings (SSSR count). The van der Waals surface area contributed by atoms with E-state index in [0.29, 0.717) is 13.2 Å². The van der Waals surface area contributed by atoms with E-state index in [4.69, 9.17) is 9.84 Å². The van der Waals surface area contributed by atoms with Gasteiger partial charge in [0.05, 0.1) is 19.3 Å². The monoisotopic (exact) mass is 340 g/mol. The molecule has 0 fully saturated rings. The van der Waals surface area contributed by atoms with Crippen molar-refractivity contribution in [2.75, 3.05) is 26.3 Å². The molecule has 132 valence electrons. The van der Waals surface area contributed by atoms with Crippen LogP contribution in [-0.2, 0) is 11.3 Å². The fourth-order valence-corrected chi connectivity index (χ4v) is 2.27. The van der Waals surface area contributed by atoms with E-state index in [1.165, 1.54) is 5.56 Å². The molecular weight excluding hydrogens is 308 g/mol. The third-order valence-corrected chi connectivity index (χ3v) is 3.65. The Balaban J connectivity index is 0.00000232.